The molecule has 2 atom stereocenters. The van der Waals surface area contributed by atoms with Crippen LogP contribution in [0.5, 0.6) is 0 Å². The van der Waals surface area contributed by atoms with Gasteiger partial charge in [0.2, 0.25) is 0 Å². The topological polar surface area (TPSA) is 44.5 Å². The molecule has 2 N–H and O–H groups in total. The van der Waals surface area contributed by atoms with Gasteiger partial charge in [-0.15, -0.1) is 12.4 Å². The first-order valence-electron chi connectivity index (χ1n) is 4.33. The van der Waals surface area contributed by atoms with E-state index in [9.17, 15) is 0 Å². The fourth-order valence-corrected chi connectivity index (χ4v) is 1.51. The van der Waals surface area contributed by atoms with Crippen molar-refractivity contribution in [1.82, 2.24) is 0 Å². The molecule has 0 aromatic carbocycles. The second-order valence-electron chi connectivity index (χ2n) is 3.40. The number of hydrogen-bond acceptors (Lipinski definition) is 3. The van der Waals surface area contributed by atoms with Crippen LogP contribution in [0.1, 0.15) is 12.8 Å². The van der Waals surface area contributed by atoms with Gasteiger partial charge in [-0.2, -0.15) is 0 Å². The van der Waals surface area contributed by atoms with Crippen LogP contribution in [-0.4, -0.2) is 32.0 Å². The van der Waals surface area contributed by atoms with Gasteiger partial charge in [-0.1, -0.05) is 0 Å². The molecule has 1 saturated heterocycles. The molecule has 2 fully saturated rings. The van der Waals surface area contributed by atoms with E-state index < -0.39 is 0 Å². The van der Waals surface area contributed by atoms with Gasteiger partial charge in [-0.25, -0.2) is 0 Å². The summed E-state index contributed by atoms with van der Waals surface area (Å²) in [5, 5.41) is 0. The molecule has 1 aliphatic heterocycles. The van der Waals surface area contributed by atoms with Crippen molar-refractivity contribution in [3.05, 3.63) is 0 Å². The van der Waals surface area contributed by atoms with E-state index in [0.29, 0.717) is 19.1 Å². The van der Waals surface area contributed by atoms with Crippen LogP contribution in [0.15, 0.2) is 0 Å². The number of rotatable bonds is 2. The molecule has 0 aromatic rings. The number of halogens is 1. The Bertz CT molecular complexity index is 135. The molecule has 72 valence electrons. The smallest absolute Gasteiger partial charge is 0.0962 e. The first-order chi connectivity index (χ1) is 5.38. The number of nitrogens with two attached hydrogens (primary N) is 1. The van der Waals surface area contributed by atoms with Crippen LogP contribution >= 0.6 is 12.4 Å². The summed E-state index contributed by atoms with van der Waals surface area (Å²) < 4.78 is 10.8. The minimum atomic E-state index is 0. The van der Waals surface area contributed by atoms with Crippen LogP contribution in [0.2, 0.25) is 0 Å². The highest BCUT2D eigenvalue weighted by Crippen LogP contribution is 2.33. The molecule has 3 nitrogen and oxygen atoms in total. The zero-order chi connectivity index (χ0) is 7.68. The fraction of sp³-hybridized carbons (Fsp3) is 1.00. The van der Waals surface area contributed by atoms with Gasteiger partial charge in [0, 0.05) is 6.04 Å². The van der Waals surface area contributed by atoms with Crippen molar-refractivity contribution in [3.63, 3.8) is 0 Å². The van der Waals surface area contributed by atoms with Crippen LogP contribution in [0.4, 0.5) is 0 Å². The molecule has 1 aliphatic carbocycles. The van der Waals surface area contributed by atoms with E-state index in [4.69, 9.17) is 15.2 Å². The van der Waals surface area contributed by atoms with Gasteiger partial charge in [0.25, 0.3) is 0 Å². The summed E-state index contributed by atoms with van der Waals surface area (Å²) in [7, 11) is 0. The maximum Gasteiger partial charge on any atom is 0.0962 e. The van der Waals surface area contributed by atoms with Crippen molar-refractivity contribution in [1.29, 1.82) is 0 Å². The third kappa shape index (κ3) is 2.33. The molecule has 2 rings (SSSR count). The monoisotopic (exact) mass is 193 g/mol. The van der Waals surface area contributed by atoms with Crippen LogP contribution in [0, 0.1) is 5.92 Å². The molecule has 2 aliphatic rings. The summed E-state index contributed by atoms with van der Waals surface area (Å²) in [6.45, 7) is 2.14. The third-order valence-corrected chi connectivity index (χ3v) is 2.44. The molecule has 2 unspecified atom stereocenters. The summed E-state index contributed by atoms with van der Waals surface area (Å²) in [5.41, 5.74) is 5.95. The summed E-state index contributed by atoms with van der Waals surface area (Å²) >= 11 is 0. The minimum Gasteiger partial charge on any atom is -0.376 e. The maximum absolute atomic E-state index is 5.95. The van der Waals surface area contributed by atoms with Gasteiger partial charge in [-0.05, 0) is 18.8 Å². The molecule has 1 saturated carbocycles. The zero-order valence-corrected chi connectivity index (χ0v) is 7.89. The molecular weight excluding hydrogens is 178 g/mol. The number of ether oxygens (including phenoxy) is 2. The Hall–Kier alpha value is 0.170. The largest absolute Gasteiger partial charge is 0.376 e. The van der Waals surface area contributed by atoms with E-state index in [-0.39, 0.29) is 24.6 Å². The predicted octanol–water partition coefficient (Wildman–Crippen LogP) is 0.561. The standard InChI is InChI=1S/C8H15NO2.ClH/c9-8(6-1-2-6)7-5-10-3-4-11-7;/h6-8H,1-5,9H2;1H. The van der Waals surface area contributed by atoms with Crippen molar-refractivity contribution in [3.8, 4) is 0 Å². The second-order valence-corrected chi connectivity index (χ2v) is 3.40. The lowest BCUT2D eigenvalue weighted by Gasteiger charge is -2.27. The van der Waals surface area contributed by atoms with Crippen molar-refractivity contribution in [2.75, 3.05) is 19.8 Å². The summed E-state index contributed by atoms with van der Waals surface area (Å²) in [6.07, 6.45) is 2.72. The van der Waals surface area contributed by atoms with E-state index in [1.165, 1.54) is 12.8 Å². The number of hydrogen-bond donors (Lipinski definition) is 1. The maximum atomic E-state index is 5.95. The Kier molecular flexibility index (Phi) is 3.77. The van der Waals surface area contributed by atoms with Gasteiger partial charge >= 0.3 is 0 Å². The second kappa shape index (κ2) is 4.42. The highest BCUT2D eigenvalue weighted by molar-refractivity contribution is 5.85. The van der Waals surface area contributed by atoms with E-state index in [1.807, 2.05) is 0 Å². The average Bonchev–Trinajstić information content (AvgIpc) is 2.87. The van der Waals surface area contributed by atoms with Gasteiger partial charge in [0.1, 0.15) is 0 Å². The van der Waals surface area contributed by atoms with Gasteiger partial charge in [-0.3, -0.25) is 0 Å². The Morgan fingerprint density at radius 2 is 2.00 bits per heavy atom. The quantitative estimate of drug-likeness (QED) is 0.697. The van der Waals surface area contributed by atoms with Crippen molar-refractivity contribution >= 4 is 12.4 Å². The van der Waals surface area contributed by atoms with Gasteiger partial charge < -0.3 is 15.2 Å². The lowest BCUT2D eigenvalue weighted by molar-refractivity contribution is -0.0992. The van der Waals surface area contributed by atoms with Crippen LogP contribution in [-0.2, 0) is 9.47 Å². The van der Waals surface area contributed by atoms with Crippen molar-refractivity contribution < 1.29 is 9.47 Å². The molecule has 0 aromatic heterocycles. The van der Waals surface area contributed by atoms with Crippen molar-refractivity contribution in [2.24, 2.45) is 11.7 Å². The van der Waals surface area contributed by atoms with Crippen LogP contribution < -0.4 is 5.73 Å². The fourth-order valence-electron chi connectivity index (χ4n) is 1.51. The van der Waals surface area contributed by atoms with E-state index in [0.717, 1.165) is 6.61 Å². The van der Waals surface area contributed by atoms with Crippen molar-refractivity contribution in [2.45, 2.75) is 25.0 Å². The highest BCUT2D eigenvalue weighted by atomic mass is 35.5. The predicted molar refractivity (Wildman–Crippen MR) is 48.5 cm³/mol. The zero-order valence-electron chi connectivity index (χ0n) is 7.07. The van der Waals surface area contributed by atoms with Gasteiger partial charge in [0.05, 0.1) is 25.9 Å². The Morgan fingerprint density at radius 1 is 1.25 bits per heavy atom. The average molecular weight is 194 g/mol. The lowest BCUT2D eigenvalue weighted by Crippen LogP contribution is -2.44. The van der Waals surface area contributed by atoms with E-state index in [1.54, 1.807) is 0 Å². The molecule has 4 heteroatoms. The Morgan fingerprint density at radius 3 is 2.50 bits per heavy atom. The third-order valence-electron chi connectivity index (χ3n) is 2.44. The molecule has 0 spiro atoms. The first kappa shape index (κ1) is 10.3. The Labute approximate surface area is 79.0 Å². The summed E-state index contributed by atoms with van der Waals surface area (Å²) in [6, 6.07) is 0.218. The van der Waals surface area contributed by atoms with Crippen LogP contribution in [0.3, 0.4) is 0 Å². The molecule has 1 heterocycles. The highest BCUT2D eigenvalue weighted by Gasteiger charge is 2.35. The Balaban J connectivity index is 0.000000720. The summed E-state index contributed by atoms with van der Waals surface area (Å²) in [5.74, 6) is 0.710. The molecule has 12 heavy (non-hydrogen) atoms. The lowest BCUT2D eigenvalue weighted by atomic mass is 10.1. The molecule has 0 amide bonds. The molecular formula is C8H16ClNO2. The SMILES string of the molecule is Cl.NC(C1CC1)C1COCCO1. The van der Waals surface area contributed by atoms with Crippen LogP contribution in [0.25, 0.3) is 0 Å². The van der Waals surface area contributed by atoms with Gasteiger partial charge in [0.15, 0.2) is 0 Å². The molecule has 0 radical (unpaired) electrons. The minimum absolute atomic E-state index is 0. The first-order valence-corrected chi connectivity index (χ1v) is 4.33. The molecule has 0 bridgehead atoms. The summed E-state index contributed by atoms with van der Waals surface area (Å²) in [4.78, 5) is 0. The van der Waals surface area contributed by atoms with E-state index in [2.05, 4.69) is 0 Å². The normalized spacial score (nSPS) is 32.2. The van der Waals surface area contributed by atoms with E-state index >= 15 is 0 Å².